The highest BCUT2D eigenvalue weighted by Crippen LogP contribution is 2.35. The van der Waals surface area contributed by atoms with Crippen molar-refractivity contribution in [3.8, 4) is 11.5 Å². The van der Waals surface area contributed by atoms with Gasteiger partial charge in [-0.05, 0) is 55.3 Å². The van der Waals surface area contributed by atoms with Crippen molar-refractivity contribution in [2.45, 2.75) is 12.8 Å². The van der Waals surface area contributed by atoms with Gasteiger partial charge in [-0.2, -0.15) is 0 Å². The van der Waals surface area contributed by atoms with Gasteiger partial charge in [0.2, 0.25) is 10.0 Å². The topological polar surface area (TPSA) is 84.9 Å². The highest BCUT2D eigenvalue weighted by atomic mass is 32.2. The molecule has 0 aliphatic carbocycles. The van der Waals surface area contributed by atoms with Crippen LogP contribution in [0.1, 0.15) is 23.2 Å². The first-order valence-corrected chi connectivity index (χ1v) is 10.2. The Morgan fingerprint density at radius 2 is 1.78 bits per heavy atom. The number of nitrogens with one attached hydrogen (secondary N) is 1. The zero-order valence-corrected chi connectivity index (χ0v) is 16.1. The van der Waals surface area contributed by atoms with Crippen LogP contribution in [0.4, 0.5) is 11.4 Å². The number of hydrogen-bond donors (Lipinski definition) is 1. The molecule has 0 spiro atoms. The highest BCUT2D eigenvalue weighted by molar-refractivity contribution is 7.92. The molecule has 1 fully saturated rings. The summed E-state index contributed by atoms with van der Waals surface area (Å²) < 4.78 is 36.6. The summed E-state index contributed by atoms with van der Waals surface area (Å²) in [6.07, 6.45) is 1.43. The number of carbonyl (C=O) groups is 1. The number of rotatable bonds is 5. The largest absolute Gasteiger partial charge is 0.497 e. The number of nitrogens with zero attached hydrogens (tertiary/aromatic N) is 1. The molecule has 1 aliphatic heterocycles. The SMILES string of the molecule is COc1ccc(C(=O)Nc2ccc(OC)c(N3CCCCS3(=O)=O)c2)cc1. The van der Waals surface area contributed by atoms with Crippen molar-refractivity contribution in [1.29, 1.82) is 0 Å². The highest BCUT2D eigenvalue weighted by Gasteiger charge is 2.28. The molecule has 1 aliphatic rings. The van der Waals surface area contributed by atoms with Gasteiger partial charge in [0.15, 0.2) is 0 Å². The van der Waals surface area contributed by atoms with Crippen LogP contribution < -0.4 is 19.1 Å². The fourth-order valence-electron chi connectivity index (χ4n) is 2.97. The molecule has 0 bridgehead atoms. The Bertz CT molecular complexity index is 926. The van der Waals surface area contributed by atoms with E-state index in [0.717, 1.165) is 6.42 Å². The Kier molecular flexibility index (Phi) is 5.55. The molecule has 2 aromatic carbocycles. The average Bonchev–Trinajstić information content (AvgIpc) is 2.67. The predicted octanol–water partition coefficient (Wildman–Crippen LogP) is 2.89. The van der Waals surface area contributed by atoms with Crippen molar-refractivity contribution in [3.63, 3.8) is 0 Å². The number of anilines is 2. The van der Waals surface area contributed by atoms with Gasteiger partial charge in [-0.25, -0.2) is 8.42 Å². The first-order chi connectivity index (χ1) is 12.9. The fraction of sp³-hybridized carbons (Fsp3) is 0.316. The second-order valence-electron chi connectivity index (χ2n) is 6.16. The second kappa shape index (κ2) is 7.87. The second-order valence-corrected chi connectivity index (χ2v) is 8.18. The molecule has 1 saturated heterocycles. The Balaban J connectivity index is 1.87. The van der Waals surface area contributed by atoms with Gasteiger partial charge < -0.3 is 14.8 Å². The van der Waals surface area contributed by atoms with Gasteiger partial charge in [-0.15, -0.1) is 0 Å². The molecule has 0 radical (unpaired) electrons. The first-order valence-electron chi connectivity index (χ1n) is 8.58. The molecule has 0 saturated carbocycles. The molecule has 0 atom stereocenters. The van der Waals surface area contributed by atoms with E-state index < -0.39 is 10.0 Å². The molecular weight excluding hydrogens is 368 g/mol. The Hall–Kier alpha value is -2.74. The van der Waals surface area contributed by atoms with Gasteiger partial charge in [0, 0.05) is 17.8 Å². The number of hydrogen-bond acceptors (Lipinski definition) is 5. The molecule has 7 nitrogen and oxygen atoms in total. The Morgan fingerprint density at radius 1 is 1.04 bits per heavy atom. The summed E-state index contributed by atoms with van der Waals surface area (Å²) in [5, 5.41) is 2.80. The normalized spacial score (nSPS) is 15.9. The number of amides is 1. The Morgan fingerprint density at radius 3 is 2.41 bits per heavy atom. The van der Waals surface area contributed by atoms with E-state index in [2.05, 4.69) is 5.32 Å². The number of sulfonamides is 1. The predicted molar refractivity (Wildman–Crippen MR) is 104 cm³/mol. The summed E-state index contributed by atoms with van der Waals surface area (Å²) in [4.78, 5) is 12.5. The van der Waals surface area contributed by atoms with Crippen molar-refractivity contribution in [3.05, 3.63) is 48.0 Å². The van der Waals surface area contributed by atoms with Gasteiger partial charge in [0.1, 0.15) is 11.5 Å². The molecule has 3 rings (SSSR count). The van der Waals surface area contributed by atoms with Crippen LogP contribution in [0.2, 0.25) is 0 Å². The molecule has 1 amide bonds. The van der Waals surface area contributed by atoms with Crippen molar-refractivity contribution in [2.75, 3.05) is 36.1 Å². The van der Waals surface area contributed by atoms with Crippen LogP contribution in [0.5, 0.6) is 11.5 Å². The number of methoxy groups -OCH3 is 2. The molecule has 2 aromatic rings. The first kappa shape index (κ1) is 19.0. The standard InChI is InChI=1S/C19H22N2O5S/c1-25-16-8-5-14(6-9-16)19(22)20-15-7-10-18(26-2)17(13-15)21-11-3-4-12-27(21,23)24/h5-10,13H,3-4,11-12H2,1-2H3,(H,20,22). The summed E-state index contributed by atoms with van der Waals surface area (Å²) in [6.45, 7) is 0.397. The van der Waals surface area contributed by atoms with Crippen LogP contribution in [0, 0.1) is 0 Å². The summed E-state index contributed by atoms with van der Waals surface area (Å²) in [5.41, 5.74) is 1.40. The molecule has 27 heavy (non-hydrogen) atoms. The smallest absolute Gasteiger partial charge is 0.255 e. The minimum absolute atomic E-state index is 0.110. The van der Waals surface area contributed by atoms with Crippen molar-refractivity contribution >= 4 is 27.3 Å². The number of ether oxygens (including phenoxy) is 2. The van der Waals surface area contributed by atoms with E-state index in [-0.39, 0.29) is 11.7 Å². The quantitative estimate of drug-likeness (QED) is 0.849. The number of benzene rings is 2. The summed E-state index contributed by atoms with van der Waals surface area (Å²) in [6, 6.07) is 11.7. The van der Waals surface area contributed by atoms with E-state index in [1.54, 1.807) is 49.6 Å². The van der Waals surface area contributed by atoms with Crippen LogP contribution in [-0.4, -0.2) is 40.8 Å². The number of carbonyl (C=O) groups excluding carboxylic acids is 1. The van der Waals surface area contributed by atoms with Crippen LogP contribution in [0.15, 0.2) is 42.5 Å². The molecular formula is C19H22N2O5S. The minimum atomic E-state index is -3.39. The molecule has 144 valence electrons. The van der Waals surface area contributed by atoms with Crippen LogP contribution >= 0.6 is 0 Å². The van der Waals surface area contributed by atoms with Crippen LogP contribution in [-0.2, 0) is 10.0 Å². The zero-order valence-electron chi connectivity index (χ0n) is 15.3. The van der Waals surface area contributed by atoms with Gasteiger partial charge in [0.25, 0.3) is 5.91 Å². The lowest BCUT2D eigenvalue weighted by Gasteiger charge is -2.29. The maximum absolute atomic E-state index is 12.5. The molecule has 0 unspecified atom stereocenters. The Labute approximate surface area is 158 Å². The summed E-state index contributed by atoms with van der Waals surface area (Å²) in [7, 11) is -0.338. The fourth-order valence-corrected chi connectivity index (χ4v) is 4.61. The van der Waals surface area contributed by atoms with E-state index in [4.69, 9.17) is 9.47 Å². The third-order valence-corrected chi connectivity index (χ3v) is 6.26. The maximum atomic E-state index is 12.5. The van der Waals surface area contributed by atoms with Crippen molar-refractivity contribution in [2.24, 2.45) is 0 Å². The van der Waals surface area contributed by atoms with E-state index in [9.17, 15) is 13.2 Å². The molecule has 1 N–H and O–H groups in total. The molecule has 1 heterocycles. The molecule has 8 heteroatoms. The lowest BCUT2D eigenvalue weighted by Crippen LogP contribution is -2.38. The van der Waals surface area contributed by atoms with Gasteiger partial charge in [0.05, 0.1) is 25.7 Å². The van der Waals surface area contributed by atoms with E-state index in [1.807, 2.05) is 0 Å². The van der Waals surface area contributed by atoms with Crippen LogP contribution in [0.25, 0.3) is 0 Å². The van der Waals surface area contributed by atoms with Crippen molar-refractivity contribution in [1.82, 2.24) is 0 Å². The lowest BCUT2D eigenvalue weighted by atomic mass is 10.2. The van der Waals surface area contributed by atoms with E-state index in [1.165, 1.54) is 11.4 Å². The van der Waals surface area contributed by atoms with Gasteiger partial charge >= 0.3 is 0 Å². The van der Waals surface area contributed by atoms with Gasteiger partial charge in [-0.1, -0.05) is 0 Å². The van der Waals surface area contributed by atoms with Gasteiger partial charge in [-0.3, -0.25) is 9.10 Å². The van der Waals surface area contributed by atoms with E-state index >= 15 is 0 Å². The minimum Gasteiger partial charge on any atom is -0.497 e. The zero-order chi connectivity index (χ0) is 19.4. The monoisotopic (exact) mass is 390 g/mol. The third kappa shape index (κ3) is 4.16. The third-order valence-electron chi connectivity index (χ3n) is 4.41. The summed E-state index contributed by atoms with van der Waals surface area (Å²) >= 11 is 0. The van der Waals surface area contributed by atoms with Crippen molar-refractivity contribution < 1.29 is 22.7 Å². The summed E-state index contributed by atoms with van der Waals surface area (Å²) in [5.74, 6) is 0.922. The molecule has 0 aromatic heterocycles. The van der Waals surface area contributed by atoms with Crippen LogP contribution in [0.3, 0.4) is 0 Å². The lowest BCUT2D eigenvalue weighted by molar-refractivity contribution is 0.102. The van der Waals surface area contributed by atoms with E-state index in [0.29, 0.717) is 41.4 Å². The maximum Gasteiger partial charge on any atom is 0.255 e. The average molecular weight is 390 g/mol.